The molecule has 88 valence electrons. The van der Waals surface area contributed by atoms with E-state index < -0.39 is 6.10 Å². The van der Waals surface area contributed by atoms with Gasteiger partial charge in [0.15, 0.2) is 0 Å². The van der Waals surface area contributed by atoms with Crippen molar-refractivity contribution in [1.29, 1.82) is 0 Å². The predicted molar refractivity (Wildman–Crippen MR) is 61.2 cm³/mol. The van der Waals surface area contributed by atoms with Gasteiger partial charge in [0.25, 0.3) is 5.91 Å². The van der Waals surface area contributed by atoms with Crippen molar-refractivity contribution in [2.45, 2.75) is 19.6 Å². The van der Waals surface area contributed by atoms with Gasteiger partial charge in [0.1, 0.15) is 0 Å². The number of aliphatic hydroxyl groups excluding tert-OH is 1. The maximum Gasteiger partial charge on any atom is 0.251 e. The molecule has 0 radical (unpaired) electrons. The zero-order valence-corrected chi connectivity index (χ0v) is 9.56. The van der Waals surface area contributed by atoms with Crippen LogP contribution in [0.15, 0.2) is 24.3 Å². The lowest BCUT2D eigenvalue weighted by Gasteiger charge is -2.07. The van der Waals surface area contributed by atoms with Crippen LogP contribution in [0.5, 0.6) is 0 Å². The molecule has 0 aliphatic heterocycles. The van der Waals surface area contributed by atoms with Gasteiger partial charge in [0.2, 0.25) is 0 Å². The van der Waals surface area contributed by atoms with E-state index in [0.717, 1.165) is 5.56 Å². The number of aliphatic hydroxyl groups is 1. The van der Waals surface area contributed by atoms with E-state index in [1.54, 1.807) is 26.2 Å². The van der Waals surface area contributed by atoms with Gasteiger partial charge in [-0.2, -0.15) is 0 Å². The van der Waals surface area contributed by atoms with Crippen LogP contribution in [0.25, 0.3) is 0 Å². The summed E-state index contributed by atoms with van der Waals surface area (Å²) in [6, 6.07) is 7.18. The van der Waals surface area contributed by atoms with Crippen LogP contribution in [-0.4, -0.2) is 30.8 Å². The average molecular weight is 223 g/mol. The molecule has 1 atom stereocenters. The van der Waals surface area contributed by atoms with Gasteiger partial charge in [-0.05, 0) is 24.6 Å². The highest BCUT2D eigenvalue weighted by molar-refractivity contribution is 5.94. The maximum atomic E-state index is 11.6. The minimum absolute atomic E-state index is 0.176. The zero-order chi connectivity index (χ0) is 12.0. The minimum Gasteiger partial charge on any atom is -0.392 e. The summed E-state index contributed by atoms with van der Waals surface area (Å²) in [7, 11) is 1.63. The standard InChI is InChI=1S/C12H17NO3/c1-9(14)7-13-12(15)11-5-3-10(4-6-11)8-16-2/h3-6,9,14H,7-8H2,1-2H3,(H,13,15)/t9-/m0/s1. The summed E-state index contributed by atoms with van der Waals surface area (Å²) in [5, 5.41) is 11.7. The number of amides is 1. The summed E-state index contributed by atoms with van der Waals surface area (Å²) in [4.78, 5) is 11.6. The van der Waals surface area contributed by atoms with Gasteiger partial charge in [-0.1, -0.05) is 12.1 Å². The fraction of sp³-hybridized carbons (Fsp3) is 0.417. The SMILES string of the molecule is COCc1ccc(C(=O)NC[C@H](C)O)cc1. The first-order chi connectivity index (χ1) is 7.63. The molecule has 0 fully saturated rings. The second kappa shape index (κ2) is 6.25. The Labute approximate surface area is 95.2 Å². The van der Waals surface area contributed by atoms with Gasteiger partial charge in [-0.15, -0.1) is 0 Å². The van der Waals surface area contributed by atoms with E-state index in [9.17, 15) is 4.79 Å². The van der Waals surface area contributed by atoms with Gasteiger partial charge >= 0.3 is 0 Å². The lowest BCUT2D eigenvalue weighted by Crippen LogP contribution is -2.30. The van der Waals surface area contributed by atoms with Crippen molar-refractivity contribution in [2.75, 3.05) is 13.7 Å². The first kappa shape index (κ1) is 12.7. The Morgan fingerprint density at radius 3 is 2.56 bits per heavy atom. The van der Waals surface area contributed by atoms with Crippen molar-refractivity contribution >= 4 is 5.91 Å². The molecule has 0 aliphatic rings. The molecule has 0 saturated carbocycles. The van der Waals surface area contributed by atoms with Crippen molar-refractivity contribution in [3.8, 4) is 0 Å². The van der Waals surface area contributed by atoms with Crippen LogP contribution in [-0.2, 0) is 11.3 Å². The number of carbonyl (C=O) groups is 1. The van der Waals surface area contributed by atoms with Crippen LogP contribution < -0.4 is 5.32 Å². The summed E-state index contributed by atoms with van der Waals surface area (Å²) in [5.74, 6) is -0.176. The Hall–Kier alpha value is -1.39. The molecule has 1 aromatic rings. The Balaban J connectivity index is 2.56. The Morgan fingerprint density at radius 1 is 1.44 bits per heavy atom. The molecule has 0 heterocycles. The molecular formula is C12H17NO3. The second-order valence-corrected chi connectivity index (χ2v) is 3.69. The van der Waals surface area contributed by atoms with Crippen molar-refractivity contribution in [2.24, 2.45) is 0 Å². The summed E-state index contributed by atoms with van der Waals surface area (Å²) in [5.41, 5.74) is 1.61. The largest absolute Gasteiger partial charge is 0.392 e. The summed E-state index contributed by atoms with van der Waals surface area (Å²) in [6.45, 7) is 2.43. The number of nitrogens with one attached hydrogen (secondary N) is 1. The van der Waals surface area contributed by atoms with E-state index in [-0.39, 0.29) is 12.5 Å². The molecule has 1 amide bonds. The molecule has 0 unspecified atom stereocenters. The van der Waals surface area contributed by atoms with Crippen LogP contribution in [0.4, 0.5) is 0 Å². The highest BCUT2D eigenvalue weighted by Crippen LogP contribution is 2.05. The van der Waals surface area contributed by atoms with E-state index in [1.165, 1.54) is 0 Å². The third kappa shape index (κ3) is 4.00. The van der Waals surface area contributed by atoms with E-state index in [2.05, 4.69) is 5.32 Å². The number of hydrogen-bond donors (Lipinski definition) is 2. The maximum absolute atomic E-state index is 11.6. The average Bonchev–Trinajstić information content (AvgIpc) is 2.27. The highest BCUT2D eigenvalue weighted by atomic mass is 16.5. The van der Waals surface area contributed by atoms with Crippen molar-refractivity contribution in [3.63, 3.8) is 0 Å². The van der Waals surface area contributed by atoms with Crippen LogP contribution in [0.1, 0.15) is 22.8 Å². The van der Waals surface area contributed by atoms with Crippen molar-refractivity contribution in [1.82, 2.24) is 5.32 Å². The molecular weight excluding hydrogens is 206 g/mol. The molecule has 16 heavy (non-hydrogen) atoms. The van der Waals surface area contributed by atoms with Crippen molar-refractivity contribution in [3.05, 3.63) is 35.4 Å². The molecule has 0 bridgehead atoms. The predicted octanol–water partition coefficient (Wildman–Crippen LogP) is 0.944. The van der Waals surface area contributed by atoms with Gasteiger partial charge < -0.3 is 15.2 Å². The van der Waals surface area contributed by atoms with Gasteiger partial charge in [-0.25, -0.2) is 0 Å². The summed E-state index contributed by atoms with van der Waals surface area (Å²) < 4.78 is 4.97. The monoisotopic (exact) mass is 223 g/mol. The van der Waals surface area contributed by atoms with Crippen LogP contribution in [0.2, 0.25) is 0 Å². The molecule has 4 nitrogen and oxygen atoms in total. The van der Waals surface area contributed by atoms with Crippen LogP contribution in [0, 0.1) is 0 Å². The number of rotatable bonds is 5. The van der Waals surface area contributed by atoms with E-state index in [4.69, 9.17) is 9.84 Å². The number of methoxy groups -OCH3 is 1. The molecule has 0 aliphatic carbocycles. The van der Waals surface area contributed by atoms with Gasteiger partial charge in [0.05, 0.1) is 12.7 Å². The fourth-order valence-corrected chi connectivity index (χ4v) is 1.26. The van der Waals surface area contributed by atoms with E-state index in [0.29, 0.717) is 12.2 Å². The number of carbonyl (C=O) groups excluding carboxylic acids is 1. The molecule has 4 heteroatoms. The number of benzene rings is 1. The third-order valence-corrected chi connectivity index (χ3v) is 2.09. The Bertz CT molecular complexity index is 333. The van der Waals surface area contributed by atoms with Crippen molar-refractivity contribution < 1.29 is 14.6 Å². The van der Waals surface area contributed by atoms with Crippen LogP contribution in [0.3, 0.4) is 0 Å². The molecule has 1 aromatic carbocycles. The number of ether oxygens (including phenoxy) is 1. The Kier molecular flexibility index (Phi) is 4.95. The van der Waals surface area contributed by atoms with Gasteiger partial charge in [0, 0.05) is 19.2 Å². The van der Waals surface area contributed by atoms with E-state index in [1.807, 2.05) is 12.1 Å². The first-order valence-corrected chi connectivity index (χ1v) is 5.17. The molecule has 0 aromatic heterocycles. The number of hydrogen-bond acceptors (Lipinski definition) is 3. The molecule has 1 rings (SSSR count). The quantitative estimate of drug-likeness (QED) is 0.781. The van der Waals surface area contributed by atoms with E-state index >= 15 is 0 Å². The fourth-order valence-electron chi connectivity index (χ4n) is 1.26. The lowest BCUT2D eigenvalue weighted by molar-refractivity contribution is 0.0924. The smallest absolute Gasteiger partial charge is 0.251 e. The first-order valence-electron chi connectivity index (χ1n) is 5.17. The summed E-state index contributed by atoms with van der Waals surface area (Å²) in [6.07, 6.45) is -0.531. The topological polar surface area (TPSA) is 58.6 Å². The zero-order valence-electron chi connectivity index (χ0n) is 9.56. The molecule has 0 spiro atoms. The molecule has 0 saturated heterocycles. The summed E-state index contributed by atoms with van der Waals surface area (Å²) >= 11 is 0. The van der Waals surface area contributed by atoms with Gasteiger partial charge in [-0.3, -0.25) is 4.79 Å². The normalized spacial score (nSPS) is 12.2. The highest BCUT2D eigenvalue weighted by Gasteiger charge is 2.05. The lowest BCUT2D eigenvalue weighted by atomic mass is 10.1. The minimum atomic E-state index is -0.531. The Morgan fingerprint density at radius 2 is 2.06 bits per heavy atom. The third-order valence-electron chi connectivity index (χ3n) is 2.09. The molecule has 2 N–H and O–H groups in total. The second-order valence-electron chi connectivity index (χ2n) is 3.69. The van der Waals surface area contributed by atoms with Crippen LogP contribution >= 0.6 is 0 Å².